The summed E-state index contributed by atoms with van der Waals surface area (Å²) in [6.45, 7) is 6.15. The fourth-order valence-corrected chi connectivity index (χ4v) is 0.819. The van der Waals surface area contributed by atoms with Gasteiger partial charge < -0.3 is 9.90 Å². The maximum Gasteiger partial charge on any atom is 0 e. The van der Waals surface area contributed by atoms with Crippen LogP contribution in [0.25, 0.3) is 0 Å². The minimum Gasteiger partial charge on any atom is -0.665 e. The number of hydroxylamine groups is 2. The van der Waals surface area contributed by atoms with Gasteiger partial charge >= 0.3 is 72.5 Å². The van der Waals surface area contributed by atoms with Crippen molar-refractivity contribution in [1.82, 2.24) is 5.06 Å². The van der Waals surface area contributed by atoms with Crippen LogP contribution in [0.1, 0.15) is 27.2 Å². The maximum atomic E-state index is 10.8. The molecule has 1 heterocycles. The molecule has 0 aromatic heterocycles. The predicted octanol–water partition coefficient (Wildman–Crippen LogP) is 0.213. The van der Waals surface area contributed by atoms with Crippen LogP contribution in [0.5, 0.6) is 0 Å². The van der Waals surface area contributed by atoms with Gasteiger partial charge in [-0.2, -0.15) is 0 Å². The Labute approximate surface area is 134 Å². The molecule has 0 atom stereocenters. The van der Waals surface area contributed by atoms with Gasteiger partial charge in [0.25, 0.3) is 0 Å². The van der Waals surface area contributed by atoms with E-state index in [2.05, 4.69) is 17.0 Å². The summed E-state index contributed by atoms with van der Waals surface area (Å²) in [7, 11) is 0. The Balaban J connectivity index is -0.000000286. The van der Waals surface area contributed by atoms with E-state index in [1.54, 1.807) is 6.92 Å². The van der Waals surface area contributed by atoms with Crippen LogP contribution in [-0.4, -0.2) is 32.9 Å². The monoisotopic (exact) mass is 355 g/mol. The predicted molar refractivity (Wildman–Crippen MR) is 52.2 cm³/mol. The normalized spacial score (nSPS) is 12.0. The first-order valence-corrected chi connectivity index (χ1v) is 5.14. The number of carbonyl (C=O) groups is 2. The third-order valence-corrected chi connectivity index (χ3v) is 1.23. The summed E-state index contributed by atoms with van der Waals surface area (Å²) in [4.78, 5) is 34.7. The van der Waals surface area contributed by atoms with Crippen molar-refractivity contribution in [2.75, 3.05) is 0 Å². The van der Waals surface area contributed by atoms with Crippen LogP contribution in [0.4, 0.5) is 0 Å². The molecule has 0 unspecified atom stereocenters. The molecule has 6 nitrogen and oxygen atoms in total. The summed E-state index contributed by atoms with van der Waals surface area (Å²) >= 11 is 2.11. The van der Waals surface area contributed by atoms with E-state index in [4.69, 9.17) is 14.7 Å². The van der Waals surface area contributed by atoms with Crippen molar-refractivity contribution >= 4 is 22.7 Å². The Morgan fingerprint density at radius 3 is 2.18 bits per heavy atom. The van der Waals surface area contributed by atoms with E-state index in [0.29, 0.717) is 10.9 Å². The van der Waals surface area contributed by atoms with Gasteiger partial charge in [-0.05, 0) is 0 Å². The molecule has 1 N–H and O–H groups in total. The van der Waals surface area contributed by atoms with E-state index >= 15 is 0 Å². The van der Waals surface area contributed by atoms with Crippen LogP contribution in [0, 0.1) is 6.42 Å². The van der Waals surface area contributed by atoms with Crippen molar-refractivity contribution in [3.63, 3.8) is 0 Å². The van der Waals surface area contributed by atoms with Crippen molar-refractivity contribution in [1.29, 1.82) is 0 Å². The molecule has 1 aliphatic rings. The number of rotatable bonds is 2. The molecule has 0 aromatic carbocycles. The molecule has 2 amide bonds. The van der Waals surface area contributed by atoms with Gasteiger partial charge in [0.15, 0.2) is 0 Å². The van der Waals surface area contributed by atoms with E-state index in [9.17, 15) is 9.59 Å². The average Bonchev–Trinajstić information content (AvgIpc) is 2.53. The third kappa shape index (κ3) is 10.8. The number of amides is 2. The molecule has 0 bridgehead atoms. The molecule has 1 rings (SSSR count). The van der Waals surface area contributed by atoms with Gasteiger partial charge in [0.1, 0.15) is 0 Å². The van der Waals surface area contributed by atoms with Gasteiger partial charge in [-0.1, -0.05) is 20.3 Å². The average molecular weight is 355 g/mol. The molecular formula is C9H13NO5VY-2. The summed E-state index contributed by atoms with van der Waals surface area (Å²) in [5.41, 5.74) is 0. The van der Waals surface area contributed by atoms with Crippen molar-refractivity contribution in [2.24, 2.45) is 0 Å². The molecule has 0 spiro atoms. The van der Waals surface area contributed by atoms with Crippen molar-refractivity contribution in [3.05, 3.63) is 6.42 Å². The van der Waals surface area contributed by atoms with Gasteiger partial charge in [-0.25, -0.2) is 0 Å². The first-order valence-electron chi connectivity index (χ1n) is 4.44. The SMILES string of the molecule is CC.C[C](=[V])ON1C(=O)[CH-]CC1=O.O=[C-]O.[Y]. The largest absolute Gasteiger partial charge is 0.665 e. The molecule has 94 valence electrons. The number of imide groups is 1. The first-order chi connectivity index (χ1) is 7.52. The van der Waals surface area contributed by atoms with Crippen molar-refractivity contribution in [3.8, 4) is 0 Å². The van der Waals surface area contributed by atoms with E-state index in [1.165, 1.54) is 6.42 Å². The maximum absolute atomic E-state index is 10.8. The van der Waals surface area contributed by atoms with Gasteiger partial charge in [-0.15, -0.1) is 0 Å². The standard InChI is InChI=1S/C6H6NO3.C2H6.CHO2.V.Y/c1-2-10-7-5(8)3-4-6(7)9;1-2;2-1-3;;/h3H,4H2,1H3;1-2H3;(H,2,3);;/q-1;;-1;;. The van der Waals surface area contributed by atoms with Gasteiger partial charge in [0.2, 0.25) is 0 Å². The Morgan fingerprint density at radius 2 is 1.94 bits per heavy atom. The molecule has 0 saturated carbocycles. The summed E-state index contributed by atoms with van der Waals surface area (Å²) in [5, 5.41) is 7.52. The van der Waals surface area contributed by atoms with E-state index < -0.39 is 0 Å². The molecule has 1 fully saturated rings. The minimum absolute atomic E-state index is 0. The Bertz CT molecular complexity index is 256. The molecule has 8 heteroatoms. The summed E-state index contributed by atoms with van der Waals surface area (Å²) in [5.74, 6) is -0.708. The van der Waals surface area contributed by atoms with E-state index in [0.717, 1.165) is 5.06 Å². The molecule has 0 aromatic rings. The van der Waals surface area contributed by atoms with E-state index in [-0.39, 0.29) is 50.9 Å². The molecule has 1 radical (unpaired) electrons. The number of hydrogen-bond acceptors (Lipinski definition) is 4. The number of carbonyl (C=O) groups excluding carboxylic acids is 2. The first kappa shape index (κ1) is 22.2. The second-order valence-corrected chi connectivity index (χ2v) is 3.12. The zero-order valence-electron chi connectivity index (χ0n) is 9.84. The van der Waals surface area contributed by atoms with Gasteiger partial charge in [-0.3, -0.25) is 0 Å². The summed E-state index contributed by atoms with van der Waals surface area (Å²) < 4.78 is 0.509. The van der Waals surface area contributed by atoms with E-state index in [1.807, 2.05) is 13.8 Å². The molecular weight excluding hydrogens is 342 g/mol. The second-order valence-electron chi connectivity index (χ2n) is 2.14. The number of hydrogen-bond donors (Lipinski definition) is 1. The summed E-state index contributed by atoms with van der Waals surface area (Å²) in [6, 6.07) is 0. The smallest absolute Gasteiger partial charge is 0 e. The zero-order valence-corrected chi connectivity index (χ0v) is 14.1. The quantitative estimate of drug-likeness (QED) is 0.566. The zero-order chi connectivity index (χ0) is 13.1. The fraction of sp³-hybridized carbons (Fsp3) is 0.444. The van der Waals surface area contributed by atoms with Crippen LogP contribution in [0.2, 0.25) is 0 Å². The van der Waals surface area contributed by atoms with Crippen LogP contribution in [0.15, 0.2) is 0 Å². The van der Waals surface area contributed by atoms with Gasteiger partial charge in [0, 0.05) is 32.7 Å². The molecule has 17 heavy (non-hydrogen) atoms. The summed E-state index contributed by atoms with van der Waals surface area (Å²) in [6.07, 6.45) is 1.43. The van der Waals surface area contributed by atoms with Crippen LogP contribution < -0.4 is 0 Å². The molecule has 0 aliphatic carbocycles. The van der Waals surface area contributed by atoms with Gasteiger partial charge in [0.05, 0.1) is 0 Å². The third-order valence-electron chi connectivity index (χ3n) is 1.10. The fourth-order valence-electron chi connectivity index (χ4n) is 0.691. The molecule has 1 aliphatic heterocycles. The Kier molecular flexibility index (Phi) is 18.4. The van der Waals surface area contributed by atoms with Crippen LogP contribution >= 0.6 is 0 Å². The molecule has 1 saturated heterocycles. The van der Waals surface area contributed by atoms with Crippen molar-refractivity contribution < 1.29 is 74.0 Å². The number of nitrogens with zero attached hydrogens (tertiary/aromatic N) is 1. The topological polar surface area (TPSA) is 83.9 Å². The number of aliphatic hydroxyl groups excluding tert-OH is 1. The Hall–Kier alpha value is -0.00169. The Morgan fingerprint density at radius 1 is 1.53 bits per heavy atom. The second kappa shape index (κ2) is 14.1. The van der Waals surface area contributed by atoms with Crippen molar-refractivity contribution in [2.45, 2.75) is 27.2 Å². The van der Waals surface area contributed by atoms with Crippen LogP contribution in [0.3, 0.4) is 0 Å². The minimum atomic E-state index is -0.389. The van der Waals surface area contributed by atoms with Crippen LogP contribution in [-0.2, 0) is 68.9 Å².